The number of halogens is 1. The number of hydrogen-bond donors (Lipinski definition) is 2. The van der Waals surface area contributed by atoms with E-state index >= 15 is 0 Å². The van der Waals surface area contributed by atoms with Crippen LogP contribution in [0.2, 0.25) is 0 Å². The van der Waals surface area contributed by atoms with Crippen molar-refractivity contribution in [3.05, 3.63) is 34.4 Å². The van der Waals surface area contributed by atoms with Crippen molar-refractivity contribution in [3.8, 4) is 0 Å². The van der Waals surface area contributed by atoms with Gasteiger partial charge in [-0.1, -0.05) is 18.2 Å². The average Bonchev–Trinajstić information content (AvgIpc) is 2.71. The number of amides is 1. The Bertz CT molecular complexity index is 709. The number of hydrogen-bond acceptors (Lipinski definition) is 2. The van der Waals surface area contributed by atoms with E-state index in [9.17, 15) is 9.59 Å². The van der Waals surface area contributed by atoms with Crippen molar-refractivity contribution in [2.45, 2.75) is 39.3 Å². The number of carbonyl (C=O) groups excluding carboxylic acids is 1. The van der Waals surface area contributed by atoms with Crippen LogP contribution < -0.4 is 5.32 Å². The molecule has 1 heterocycles. The predicted octanol–water partition coefficient (Wildman–Crippen LogP) is 3.08. The van der Waals surface area contributed by atoms with Crippen molar-refractivity contribution in [2.75, 3.05) is 0 Å². The Kier molecular flexibility index (Phi) is 5.24. The fourth-order valence-corrected chi connectivity index (χ4v) is 3.02. The first-order valence-electron chi connectivity index (χ1n) is 7.14. The molecule has 118 valence electrons. The van der Waals surface area contributed by atoms with Crippen LogP contribution in [0.5, 0.6) is 0 Å². The summed E-state index contributed by atoms with van der Waals surface area (Å²) in [7, 11) is 0. The zero-order chi connectivity index (χ0) is 16.3. The first kappa shape index (κ1) is 16.5. The largest absolute Gasteiger partial charge is 0.481 e. The monoisotopic (exact) mass is 366 g/mol. The topological polar surface area (TPSA) is 71.3 Å². The summed E-state index contributed by atoms with van der Waals surface area (Å²) in [6, 6.07) is 7.74. The summed E-state index contributed by atoms with van der Waals surface area (Å²) in [6.07, 6.45) is 0.481. The molecule has 0 saturated carbocycles. The number of aliphatic carboxylic acids is 1. The van der Waals surface area contributed by atoms with E-state index in [0.29, 0.717) is 6.42 Å². The first-order valence-corrected chi connectivity index (χ1v) is 7.94. The minimum atomic E-state index is -0.850. The SMILES string of the molecule is Cc1c(Br)c2ccccc2n1CC(=O)NC(C)CCC(=O)O. The third-order valence-corrected chi connectivity index (χ3v) is 4.66. The highest BCUT2D eigenvalue weighted by molar-refractivity contribution is 9.10. The first-order chi connectivity index (χ1) is 10.4. The molecule has 0 fully saturated rings. The minimum Gasteiger partial charge on any atom is -0.481 e. The molecule has 0 spiro atoms. The lowest BCUT2D eigenvalue weighted by atomic mass is 10.2. The number of fused-ring (bicyclic) bond motifs is 1. The summed E-state index contributed by atoms with van der Waals surface area (Å²) in [5, 5.41) is 12.6. The van der Waals surface area contributed by atoms with Crippen LogP contribution in [0.3, 0.4) is 0 Å². The number of para-hydroxylation sites is 1. The average molecular weight is 367 g/mol. The third kappa shape index (κ3) is 3.68. The van der Waals surface area contributed by atoms with Crippen LogP contribution in [0.4, 0.5) is 0 Å². The van der Waals surface area contributed by atoms with Gasteiger partial charge in [0.1, 0.15) is 6.54 Å². The zero-order valence-electron chi connectivity index (χ0n) is 12.6. The van der Waals surface area contributed by atoms with Crippen LogP contribution in [0.15, 0.2) is 28.7 Å². The van der Waals surface area contributed by atoms with E-state index in [1.807, 2.05) is 42.7 Å². The Morgan fingerprint density at radius 2 is 2.05 bits per heavy atom. The molecule has 1 unspecified atom stereocenters. The number of carboxylic acid groups (broad SMARTS) is 1. The van der Waals surface area contributed by atoms with Crippen molar-refractivity contribution in [1.29, 1.82) is 0 Å². The number of nitrogens with zero attached hydrogens (tertiary/aromatic N) is 1. The Labute approximate surface area is 137 Å². The van der Waals surface area contributed by atoms with Gasteiger partial charge in [-0.2, -0.15) is 0 Å². The van der Waals surface area contributed by atoms with Crippen molar-refractivity contribution in [2.24, 2.45) is 0 Å². The fourth-order valence-electron chi connectivity index (χ4n) is 2.47. The minimum absolute atomic E-state index is 0.0540. The molecule has 0 bridgehead atoms. The summed E-state index contributed by atoms with van der Waals surface area (Å²) in [4.78, 5) is 22.7. The Morgan fingerprint density at radius 3 is 2.73 bits per heavy atom. The summed E-state index contributed by atoms with van der Waals surface area (Å²) in [6.45, 7) is 4.00. The molecule has 2 N–H and O–H groups in total. The van der Waals surface area contributed by atoms with Crippen molar-refractivity contribution in [1.82, 2.24) is 9.88 Å². The molecule has 0 aliphatic rings. The maximum atomic E-state index is 12.2. The second-order valence-electron chi connectivity index (χ2n) is 5.40. The predicted molar refractivity (Wildman–Crippen MR) is 88.8 cm³/mol. The Balaban J connectivity index is 2.09. The lowest BCUT2D eigenvalue weighted by Crippen LogP contribution is -2.35. The zero-order valence-corrected chi connectivity index (χ0v) is 14.2. The van der Waals surface area contributed by atoms with Gasteiger partial charge in [0.05, 0.1) is 0 Å². The molecule has 1 aromatic heterocycles. The molecule has 0 saturated heterocycles. The molecule has 1 atom stereocenters. The lowest BCUT2D eigenvalue weighted by molar-refractivity contribution is -0.137. The van der Waals surface area contributed by atoms with Crippen LogP contribution in [-0.4, -0.2) is 27.6 Å². The highest BCUT2D eigenvalue weighted by Crippen LogP contribution is 2.30. The van der Waals surface area contributed by atoms with E-state index in [0.717, 1.165) is 21.1 Å². The summed E-state index contributed by atoms with van der Waals surface area (Å²) in [5.74, 6) is -0.966. The number of nitrogens with one attached hydrogen (secondary N) is 1. The second kappa shape index (κ2) is 6.96. The summed E-state index contributed by atoms with van der Waals surface area (Å²) in [5.41, 5.74) is 2.00. The van der Waals surface area contributed by atoms with E-state index in [-0.39, 0.29) is 24.9 Å². The van der Waals surface area contributed by atoms with Gasteiger partial charge in [0, 0.05) is 33.5 Å². The van der Waals surface area contributed by atoms with Crippen LogP contribution in [0.1, 0.15) is 25.5 Å². The van der Waals surface area contributed by atoms with Gasteiger partial charge in [-0.15, -0.1) is 0 Å². The van der Waals surface area contributed by atoms with Gasteiger partial charge < -0.3 is 15.0 Å². The van der Waals surface area contributed by atoms with Crippen molar-refractivity contribution in [3.63, 3.8) is 0 Å². The highest BCUT2D eigenvalue weighted by Gasteiger charge is 2.15. The maximum absolute atomic E-state index is 12.2. The normalized spacial score (nSPS) is 12.3. The number of rotatable bonds is 6. The van der Waals surface area contributed by atoms with Gasteiger partial charge in [0.2, 0.25) is 5.91 Å². The van der Waals surface area contributed by atoms with Crippen molar-refractivity contribution < 1.29 is 14.7 Å². The quantitative estimate of drug-likeness (QED) is 0.824. The summed E-state index contributed by atoms with van der Waals surface area (Å²) < 4.78 is 2.95. The molecule has 0 aliphatic carbocycles. The lowest BCUT2D eigenvalue weighted by Gasteiger charge is -2.14. The van der Waals surface area contributed by atoms with Gasteiger partial charge in [-0.05, 0) is 42.3 Å². The Morgan fingerprint density at radius 1 is 1.36 bits per heavy atom. The maximum Gasteiger partial charge on any atom is 0.303 e. The van der Waals surface area contributed by atoms with Crippen LogP contribution in [0.25, 0.3) is 10.9 Å². The molecule has 1 aromatic carbocycles. The second-order valence-corrected chi connectivity index (χ2v) is 6.20. The van der Waals surface area contributed by atoms with E-state index in [1.165, 1.54) is 0 Å². The van der Waals surface area contributed by atoms with Gasteiger partial charge >= 0.3 is 5.97 Å². The Hall–Kier alpha value is -1.82. The van der Waals surface area contributed by atoms with E-state index in [1.54, 1.807) is 0 Å². The molecule has 2 rings (SSSR count). The van der Waals surface area contributed by atoms with E-state index in [4.69, 9.17) is 5.11 Å². The smallest absolute Gasteiger partial charge is 0.303 e. The van der Waals surface area contributed by atoms with Crippen LogP contribution in [-0.2, 0) is 16.1 Å². The molecular weight excluding hydrogens is 348 g/mol. The van der Waals surface area contributed by atoms with Crippen LogP contribution >= 0.6 is 15.9 Å². The van der Waals surface area contributed by atoms with Gasteiger partial charge in [0.15, 0.2) is 0 Å². The molecule has 0 radical (unpaired) electrons. The fraction of sp³-hybridized carbons (Fsp3) is 0.375. The molecule has 5 nitrogen and oxygen atoms in total. The van der Waals surface area contributed by atoms with E-state index < -0.39 is 5.97 Å². The standard InChI is InChI=1S/C16H19BrN2O3/c1-10(7-8-15(21)22)18-14(20)9-19-11(2)16(17)12-5-3-4-6-13(12)19/h3-6,10H,7-9H2,1-2H3,(H,18,20)(H,21,22). The van der Waals surface area contributed by atoms with Crippen LogP contribution in [0, 0.1) is 6.92 Å². The molecule has 0 aliphatic heterocycles. The number of carbonyl (C=O) groups is 2. The molecule has 1 amide bonds. The molecule has 6 heteroatoms. The number of benzene rings is 1. The van der Waals surface area contributed by atoms with Crippen molar-refractivity contribution >= 4 is 38.7 Å². The summed E-state index contributed by atoms with van der Waals surface area (Å²) >= 11 is 3.57. The van der Waals surface area contributed by atoms with Gasteiger partial charge in [0.25, 0.3) is 0 Å². The molecule has 22 heavy (non-hydrogen) atoms. The number of carboxylic acids is 1. The highest BCUT2D eigenvalue weighted by atomic mass is 79.9. The van der Waals surface area contributed by atoms with Gasteiger partial charge in [-0.25, -0.2) is 0 Å². The molecule has 2 aromatic rings. The van der Waals surface area contributed by atoms with E-state index in [2.05, 4.69) is 21.2 Å². The van der Waals surface area contributed by atoms with Gasteiger partial charge in [-0.3, -0.25) is 9.59 Å². The molecular formula is C16H19BrN2O3. The third-order valence-electron chi connectivity index (χ3n) is 3.65. The number of aromatic nitrogens is 1.